The van der Waals surface area contributed by atoms with Crippen LogP contribution in [-0.4, -0.2) is 31.4 Å². The molecule has 0 fully saturated rings. The molecule has 0 aliphatic carbocycles. The quantitative estimate of drug-likeness (QED) is 0.375. The van der Waals surface area contributed by atoms with E-state index in [1.165, 1.54) is 25.3 Å². The fraction of sp³-hybridized carbons (Fsp3) is 0.318. The van der Waals surface area contributed by atoms with E-state index in [2.05, 4.69) is 38.0 Å². The van der Waals surface area contributed by atoms with Crippen LogP contribution in [0.5, 0.6) is 5.75 Å². The molecule has 10 heteroatoms. The van der Waals surface area contributed by atoms with Crippen molar-refractivity contribution in [3.63, 3.8) is 0 Å². The first-order valence-electron chi connectivity index (χ1n) is 9.49. The van der Waals surface area contributed by atoms with Crippen LogP contribution in [0.4, 0.5) is 5.69 Å². The first kappa shape index (κ1) is 26.3. The van der Waals surface area contributed by atoms with Crippen molar-refractivity contribution in [3.8, 4) is 5.75 Å². The molecule has 0 radical (unpaired) electrons. The molecule has 1 atom stereocenters. The van der Waals surface area contributed by atoms with Gasteiger partial charge < -0.3 is 15.4 Å². The van der Waals surface area contributed by atoms with Gasteiger partial charge in [-0.15, -0.1) is 0 Å². The molecule has 2 aromatic rings. The highest BCUT2D eigenvalue weighted by Gasteiger charge is 2.35. The van der Waals surface area contributed by atoms with E-state index in [1.807, 2.05) is 12.1 Å². The molecule has 1 amide bonds. The number of benzene rings is 2. The van der Waals surface area contributed by atoms with E-state index in [1.54, 1.807) is 12.1 Å². The molecule has 174 valence electrons. The van der Waals surface area contributed by atoms with Crippen molar-refractivity contribution < 1.29 is 17.9 Å². The molecule has 0 aromatic heterocycles. The maximum Gasteiger partial charge on any atom is 0.252 e. The van der Waals surface area contributed by atoms with E-state index in [0.717, 1.165) is 11.0 Å². The van der Waals surface area contributed by atoms with Gasteiger partial charge in [0, 0.05) is 17.0 Å². The maximum atomic E-state index is 12.8. The maximum absolute atomic E-state index is 12.8. The van der Waals surface area contributed by atoms with Crippen molar-refractivity contribution in [3.05, 3.63) is 65.6 Å². The highest BCUT2D eigenvalue weighted by atomic mass is 35.6. The number of hydrogen-bond donors (Lipinski definition) is 2. The number of carbonyl (C=O) groups is 1. The van der Waals surface area contributed by atoms with Crippen LogP contribution >= 0.6 is 34.8 Å². The topological polar surface area (TPSA) is 84.5 Å². The summed E-state index contributed by atoms with van der Waals surface area (Å²) < 4.78 is 27.4. The van der Waals surface area contributed by atoms with Gasteiger partial charge in [-0.3, -0.25) is 4.79 Å². The van der Waals surface area contributed by atoms with Crippen LogP contribution in [0.25, 0.3) is 0 Å². The molecule has 2 N–H and O–H groups in total. The number of methoxy groups -OCH3 is 1. The highest BCUT2D eigenvalue weighted by Crippen LogP contribution is 2.35. The second-order valence-electron chi connectivity index (χ2n) is 7.99. The lowest BCUT2D eigenvalue weighted by Gasteiger charge is -2.28. The molecule has 0 saturated carbocycles. The summed E-state index contributed by atoms with van der Waals surface area (Å²) in [4.78, 5) is 12.8. The van der Waals surface area contributed by atoms with Gasteiger partial charge in [0.25, 0.3) is 5.91 Å². The molecule has 0 unspecified atom stereocenters. The van der Waals surface area contributed by atoms with Gasteiger partial charge in [0.05, 0.1) is 17.7 Å². The average molecular weight is 520 g/mol. The van der Waals surface area contributed by atoms with Crippen molar-refractivity contribution in [2.45, 2.75) is 41.0 Å². The van der Waals surface area contributed by atoms with Crippen LogP contribution in [-0.2, 0) is 15.3 Å². The summed E-state index contributed by atoms with van der Waals surface area (Å²) >= 11 is 18.3. The van der Waals surface area contributed by atoms with Crippen LogP contribution in [0.2, 0.25) is 0 Å². The van der Waals surface area contributed by atoms with E-state index in [9.17, 15) is 13.2 Å². The Hall–Kier alpha value is -1.93. The molecule has 0 spiro atoms. The number of sulfone groups is 1. The molecule has 2 rings (SSSR count). The lowest BCUT2D eigenvalue weighted by Crippen LogP contribution is -2.49. The fourth-order valence-electron chi connectivity index (χ4n) is 2.76. The van der Waals surface area contributed by atoms with Gasteiger partial charge in [0.2, 0.25) is 3.79 Å². The van der Waals surface area contributed by atoms with Gasteiger partial charge in [0.15, 0.2) is 9.84 Å². The normalized spacial score (nSPS) is 13.2. The van der Waals surface area contributed by atoms with E-state index in [-0.39, 0.29) is 16.1 Å². The van der Waals surface area contributed by atoms with Crippen molar-refractivity contribution in [2.75, 3.05) is 12.4 Å². The molecule has 0 heterocycles. The number of rotatable bonds is 7. The zero-order valence-corrected chi connectivity index (χ0v) is 21.2. The third-order valence-electron chi connectivity index (χ3n) is 4.64. The number of nitrogens with one attached hydrogen (secondary N) is 2. The van der Waals surface area contributed by atoms with Gasteiger partial charge in [0.1, 0.15) is 11.9 Å². The zero-order chi connectivity index (χ0) is 24.3. The van der Waals surface area contributed by atoms with Crippen molar-refractivity contribution in [1.82, 2.24) is 5.32 Å². The van der Waals surface area contributed by atoms with Gasteiger partial charge in [-0.2, -0.15) is 0 Å². The summed E-state index contributed by atoms with van der Waals surface area (Å²) in [5, 5.41) is 6.39. The minimum atomic E-state index is -3.67. The molecule has 32 heavy (non-hydrogen) atoms. The van der Waals surface area contributed by atoms with Gasteiger partial charge in [-0.1, -0.05) is 74.3 Å². The summed E-state index contributed by atoms with van der Waals surface area (Å²) in [6.45, 7) is 9.52. The van der Waals surface area contributed by atoms with E-state index in [0.29, 0.717) is 11.3 Å². The van der Waals surface area contributed by atoms with Crippen LogP contribution in [0.3, 0.4) is 0 Å². The molecule has 0 saturated heterocycles. The highest BCUT2D eigenvalue weighted by molar-refractivity contribution is 7.94. The predicted octanol–water partition coefficient (Wildman–Crippen LogP) is 5.45. The Morgan fingerprint density at radius 3 is 2.16 bits per heavy atom. The number of hydrogen-bond acceptors (Lipinski definition) is 5. The standard InChI is InChI=1S/C22H25Cl3N2O4S/c1-6-32(29,30)16-11-12-17(18(13-16)31-5)26-20(22(23,24)25)27-19(28)14-7-9-15(10-8-14)21(2,3)4/h6-13,20,26H,1H2,2-5H3,(H,27,28)/t20-/m0/s1. The number of ether oxygens (including phenoxy) is 1. The molecule has 0 bridgehead atoms. The third-order valence-corrected chi connectivity index (χ3v) is 6.64. The van der Waals surface area contributed by atoms with Crippen molar-refractivity contribution in [2.24, 2.45) is 0 Å². The Morgan fingerprint density at radius 2 is 1.69 bits per heavy atom. The first-order valence-corrected chi connectivity index (χ1v) is 12.2. The molecular weight excluding hydrogens is 495 g/mol. The lowest BCUT2D eigenvalue weighted by atomic mass is 9.87. The van der Waals surface area contributed by atoms with E-state index < -0.39 is 25.7 Å². The smallest absolute Gasteiger partial charge is 0.252 e. The third kappa shape index (κ3) is 6.54. The fourth-order valence-corrected chi connectivity index (χ4v) is 3.80. The van der Waals surface area contributed by atoms with Crippen molar-refractivity contribution in [1.29, 1.82) is 0 Å². The van der Waals surface area contributed by atoms with Gasteiger partial charge in [-0.05, 0) is 35.2 Å². The Labute approximate surface area is 203 Å². The molecule has 2 aromatic carbocycles. The number of alkyl halides is 3. The summed E-state index contributed by atoms with van der Waals surface area (Å²) in [6.07, 6.45) is -1.15. The molecule has 6 nitrogen and oxygen atoms in total. The van der Waals surface area contributed by atoms with Crippen LogP contribution in [0.1, 0.15) is 36.7 Å². The first-order chi connectivity index (χ1) is 14.7. The van der Waals surface area contributed by atoms with Crippen LogP contribution in [0.15, 0.2) is 59.3 Å². The SMILES string of the molecule is C=CS(=O)(=O)c1ccc(N[C@@H](NC(=O)c2ccc(C(C)(C)C)cc2)C(Cl)(Cl)Cl)c(OC)c1. The second kappa shape index (κ2) is 9.91. The minimum absolute atomic E-state index is 0.0108. The Morgan fingerprint density at radius 1 is 1.09 bits per heavy atom. The zero-order valence-electron chi connectivity index (χ0n) is 18.1. The number of anilines is 1. The Balaban J connectivity index is 2.30. The Kier molecular flexibility index (Phi) is 8.15. The van der Waals surface area contributed by atoms with Gasteiger partial charge >= 0.3 is 0 Å². The van der Waals surface area contributed by atoms with Crippen LogP contribution in [0, 0.1) is 0 Å². The largest absolute Gasteiger partial charge is 0.495 e. The minimum Gasteiger partial charge on any atom is -0.495 e. The lowest BCUT2D eigenvalue weighted by molar-refractivity contribution is 0.0941. The van der Waals surface area contributed by atoms with Crippen LogP contribution < -0.4 is 15.4 Å². The Bertz CT molecular complexity index is 1090. The number of amides is 1. The average Bonchev–Trinajstić information content (AvgIpc) is 2.72. The van der Waals surface area contributed by atoms with E-state index in [4.69, 9.17) is 39.5 Å². The molecule has 0 aliphatic rings. The number of carbonyl (C=O) groups excluding carboxylic acids is 1. The van der Waals surface area contributed by atoms with E-state index >= 15 is 0 Å². The molecular formula is C22H25Cl3N2O4S. The summed E-state index contributed by atoms with van der Waals surface area (Å²) in [5.41, 5.74) is 1.72. The number of halogens is 3. The van der Waals surface area contributed by atoms with Gasteiger partial charge in [-0.25, -0.2) is 8.42 Å². The van der Waals surface area contributed by atoms with Crippen molar-refractivity contribution >= 4 is 56.2 Å². The molecule has 0 aliphatic heterocycles. The second-order valence-corrected chi connectivity index (χ2v) is 12.3. The summed E-state index contributed by atoms with van der Waals surface area (Å²) in [5.74, 6) is -0.282. The summed E-state index contributed by atoms with van der Waals surface area (Å²) in [6, 6.07) is 11.2. The predicted molar refractivity (Wildman–Crippen MR) is 131 cm³/mol. The summed E-state index contributed by atoms with van der Waals surface area (Å²) in [7, 11) is -2.30. The monoisotopic (exact) mass is 518 g/mol.